The minimum atomic E-state index is 0.719. The van der Waals surface area contributed by atoms with Crippen molar-refractivity contribution in [3.8, 4) is 5.75 Å². The maximum absolute atomic E-state index is 5.41. The van der Waals surface area contributed by atoms with Crippen LogP contribution in [-0.4, -0.2) is 6.61 Å². The lowest BCUT2D eigenvalue weighted by Gasteiger charge is -2.05. The van der Waals surface area contributed by atoms with E-state index in [9.17, 15) is 0 Å². The quantitative estimate of drug-likeness (QED) is 0.722. The van der Waals surface area contributed by atoms with Gasteiger partial charge in [-0.05, 0) is 36.8 Å². The molecule has 0 fully saturated rings. The predicted molar refractivity (Wildman–Crippen MR) is 73.6 cm³/mol. The molecule has 2 heteroatoms. The molecule has 2 rings (SSSR count). The van der Waals surface area contributed by atoms with Gasteiger partial charge in [-0.25, -0.2) is 0 Å². The molecule has 0 heterocycles. The fourth-order valence-electron chi connectivity index (χ4n) is 1.54. The first-order valence-electron chi connectivity index (χ1n) is 5.78. The van der Waals surface area contributed by atoms with Crippen molar-refractivity contribution in [3.05, 3.63) is 60.2 Å². The summed E-state index contributed by atoms with van der Waals surface area (Å²) in [7, 11) is 0. The third-order valence-electron chi connectivity index (χ3n) is 2.38. The van der Waals surface area contributed by atoms with Gasteiger partial charge in [0.2, 0.25) is 0 Å². The molecule has 0 amide bonds. The molecule has 0 spiro atoms. The van der Waals surface area contributed by atoms with Crippen molar-refractivity contribution in [2.24, 2.45) is 0 Å². The lowest BCUT2D eigenvalue weighted by molar-refractivity contribution is 0.340. The number of ether oxygens (including phenoxy) is 1. The zero-order chi connectivity index (χ0) is 11.9. The van der Waals surface area contributed by atoms with Crippen LogP contribution in [0.4, 0.5) is 0 Å². The van der Waals surface area contributed by atoms with Crippen LogP contribution in [-0.2, 0) is 5.75 Å². The highest BCUT2D eigenvalue weighted by Gasteiger charge is 1.97. The highest BCUT2D eigenvalue weighted by molar-refractivity contribution is 7.98. The second-order valence-corrected chi connectivity index (χ2v) is 4.73. The Kier molecular flexibility index (Phi) is 4.51. The second-order valence-electron chi connectivity index (χ2n) is 3.68. The first-order chi connectivity index (χ1) is 8.38. The van der Waals surface area contributed by atoms with E-state index in [1.54, 1.807) is 0 Å². The summed E-state index contributed by atoms with van der Waals surface area (Å²) >= 11 is 1.84. The smallest absolute Gasteiger partial charge is 0.119 e. The van der Waals surface area contributed by atoms with E-state index in [0.29, 0.717) is 0 Å². The number of rotatable bonds is 5. The third-order valence-corrected chi connectivity index (χ3v) is 3.47. The number of hydrogen-bond acceptors (Lipinski definition) is 2. The third kappa shape index (κ3) is 3.82. The summed E-state index contributed by atoms with van der Waals surface area (Å²) < 4.78 is 5.41. The topological polar surface area (TPSA) is 9.23 Å². The Morgan fingerprint density at radius 3 is 2.29 bits per heavy atom. The molecule has 0 saturated carbocycles. The molecule has 0 radical (unpaired) electrons. The predicted octanol–water partition coefficient (Wildman–Crippen LogP) is 4.38. The van der Waals surface area contributed by atoms with Gasteiger partial charge in [-0.15, -0.1) is 11.8 Å². The van der Waals surface area contributed by atoms with Crippen LogP contribution in [0.2, 0.25) is 0 Å². The Hall–Kier alpha value is -1.41. The molecule has 0 aliphatic rings. The largest absolute Gasteiger partial charge is 0.494 e. The molecular formula is C15H16OS. The van der Waals surface area contributed by atoms with Crippen LogP contribution in [0.25, 0.3) is 0 Å². The van der Waals surface area contributed by atoms with Crippen LogP contribution in [0, 0.1) is 0 Å². The van der Waals surface area contributed by atoms with Gasteiger partial charge in [0.05, 0.1) is 6.61 Å². The van der Waals surface area contributed by atoms with Crippen LogP contribution in [0.3, 0.4) is 0 Å². The zero-order valence-corrected chi connectivity index (χ0v) is 10.7. The fourth-order valence-corrected chi connectivity index (χ4v) is 2.39. The zero-order valence-electron chi connectivity index (χ0n) is 9.93. The number of hydrogen-bond donors (Lipinski definition) is 0. The van der Waals surface area contributed by atoms with Gasteiger partial charge in [0, 0.05) is 10.6 Å². The van der Waals surface area contributed by atoms with E-state index in [1.807, 2.05) is 36.9 Å². The summed E-state index contributed by atoms with van der Waals surface area (Å²) in [5.41, 5.74) is 1.35. The molecular weight excluding hydrogens is 228 g/mol. The van der Waals surface area contributed by atoms with Gasteiger partial charge in [-0.2, -0.15) is 0 Å². The molecule has 0 unspecified atom stereocenters. The Balaban J connectivity index is 1.91. The molecule has 0 atom stereocenters. The van der Waals surface area contributed by atoms with E-state index in [4.69, 9.17) is 4.74 Å². The van der Waals surface area contributed by atoms with Crippen molar-refractivity contribution in [1.29, 1.82) is 0 Å². The highest BCUT2D eigenvalue weighted by atomic mass is 32.2. The minimum absolute atomic E-state index is 0.719. The summed E-state index contributed by atoms with van der Waals surface area (Å²) in [5.74, 6) is 1.95. The number of benzene rings is 2. The average molecular weight is 244 g/mol. The molecule has 0 saturated heterocycles. The van der Waals surface area contributed by atoms with Crippen molar-refractivity contribution in [3.63, 3.8) is 0 Å². The Morgan fingerprint density at radius 2 is 1.65 bits per heavy atom. The Labute approximate surface area is 107 Å². The molecule has 2 aromatic rings. The van der Waals surface area contributed by atoms with E-state index in [1.165, 1.54) is 10.5 Å². The molecule has 0 aromatic heterocycles. The molecule has 2 aromatic carbocycles. The Morgan fingerprint density at radius 1 is 0.941 bits per heavy atom. The van der Waals surface area contributed by atoms with Crippen molar-refractivity contribution in [2.75, 3.05) is 6.61 Å². The van der Waals surface area contributed by atoms with Gasteiger partial charge >= 0.3 is 0 Å². The van der Waals surface area contributed by atoms with Gasteiger partial charge in [0.1, 0.15) is 5.75 Å². The Bertz CT molecular complexity index is 436. The molecule has 0 N–H and O–H groups in total. The molecule has 1 nitrogen and oxygen atoms in total. The normalized spacial score (nSPS) is 10.2. The molecule has 0 aliphatic carbocycles. The summed E-state index contributed by atoms with van der Waals surface area (Å²) in [5, 5.41) is 0. The summed E-state index contributed by atoms with van der Waals surface area (Å²) in [6, 6.07) is 18.8. The van der Waals surface area contributed by atoms with Crippen molar-refractivity contribution in [1.82, 2.24) is 0 Å². The van der Waals surface area contributed by atoms with Crippen molar-refractivity contribution in [2.45, 2.75) is 17.6 Å². The maximum Gasteiger partial charge on any atom is 0.119 e. The highest BCUT2D eigenvalue weighted by Crippen LogP contribution is 2.24. The molecule has 88 valence electrons. The SMILES string of the molecule is CCOc1ccc(SCc2ccccc2)cc1. The lowest BCUT2D eigenvalue weighted by atomic mass is 10.2. The maximum atomic E-state index is 5.41. The van der Waals surface area contributed by atoms with E-state index in [-0.39, 0.29) is 0 Å². The van der Waals surface area contributed by atoms with Gasteiger partial charge in [-0.1, -0.05) is 30.3 Å². The van der Waals surface area contributed by atoms with Gasteiger partial charge < -0.3 is 4.74 Å². The molecule has 0 bridgehead atoms. The van der Waals surface area contributed by atoms with Crippen LogP contribution < -0.4 is 4.74 Å². The molecule has 17 heavy (non-hydrogen) atoms. The summed E-state index contributed by atoms with van der Waals surface area (Å²) in [6.45, 7) is 2.72. The van der Waals surface area contributed by atoms with Crippen LogP contribution in [0.15, 0.2) is 59.5 Å². The molecule has 0 aliphatic heterocycles. The summed E-state index contributed by atoms with van der Waals surface area (Å²) in [6.07, 6.45) is 0. The second kappa shape index (κ2) is 6.36. The van der Waals surface area contributed by atoms with E-state index < -0.39 is 0 Å². The van der Waals surface area contributed by atoms with Gasteiger partial charge in [-0.3, -0.25) is 0 Å². The van der Waals surface area contributed by atoms with Gasteiger partial charge in [0.25, 0.3) is 0 Å². The summed E-state index contributed by atoms with van der Waals surface area (Å²) in [4.78, 5) is 1.28. The van der Waals surface area contributed by atoms with E-state index >= 15 is 0 Å². The van der Waals surface area contributed by atoms with Crippen molar-refractivity contribution < 1.29 is 4.74 Å². The monoisotopic (exact) mass is 244 g/mol. The van der Waals surface area contributed by atoms with Crippen LogP contribution in [0.1, 0.15) is 12.5 Å². The van der Waals surface area contributed by atoms with Crippen LogP contribution >= 0.6 is 11.8 Å². The fraction of sp³-hybridized carbons (Fsp3) is 0.200. The van der Waals surface area contributed by atoms with E-state index in [2.05, 4.69) is 36.4 Å². The lowest BCUT2D eigenvalue weighted by Crippen LogP contribution is -1.90. The first-order valence-corrected chi connectivity index (χ1v) is 6.76. The van der Waals surface area contributed by atoms with E-state index in [0.717, 1.165) is 18.1 Å². The van der Waals surface area contributed by atoms with Crippen molar-refractivity contribution >= 4 is 11.8 Å². The van der Waals surface area contributed by atoms with Gasteiger partial charge in [0.15, 0.2) is 0 Å². The minimum Gasteiger partial charge on any atom is -0.494 e. The first kappa shape index (κ1) is 12.1. The average Bonchev–Trinajstić information content (AvgIpc) is 2.40. The standard InChI is InChI=1S/C15H16OS/c1-2-16-14-8-10-15(11-9-14)17-12-13-6-4-3-5-7-13/h3-11H,2,12H2,1H3. The van der Waals surface area contributed by atoms with Crippen LogP contribution in [0.5, 0.6) is 5.75 Å². The number of thioether (sulfide) groups is 1.